The van der Waals surface area contributed by atoms with Crippen LogP contribution in [-0.4, -0.2) is 17.9 Å². The van der Waals surface area contributed by atoms with Crippen LogP contribution in [0.5, 0.6) is 11.5 Å². The second-order valence-electron chi connectivity index (χ2n) is 7.14. The van der Waals surface area contributed by atoms with Crippen LogP contribution in [0.3, 0.4) is 0 Å². The van der Waals surface area contributed by atoms with Crippen molar-refractivity contribution in [2.24, 2.45) is 0 Å². The van der Waals surface area contributed by atoms with E-state index in [1.54, 1.807) is 12.1 Å². The maximum absolute atomic E-state index is 13.0. The van der Waals surface area contributed by atoms with Gasteiger partial charge in [-0.3, -0.25) is 4.79 Å². The average molecular weight is 397 g/mol. The summed E-state index contributed by atoms with van der Waals surface area (Å²) in [6, 6.07) is 12.8. The topological polar surface area (TPSA) is 73.6 Å². The molecule has 28 heavy (non-hydrogen) atoms. The third-order valence-electron chi connectivity index (χ3n) is 5.29. The van der Waals surface area contributed by atoms with Gasteiger partial charge < -0.3 is 19.3 Å². The van der Waals surface area contributed by atoms with E-state index in [1.807, 2.05) is 37.3 Å². The molecule has 1 aliphatic carbocycles. The van der Waals surface area contributed by atoms with E-state index in [4.69, 9.17) is 25.6 Å². The van der Waals surface area contributed by atoms with Gasteiger partial charge in [-0.15, -0.1) is 0 Å². The number of rotatable bonds is 4. The van der Waals surface area contributed by atoms with Gasteiger partial charge in [0, 0.05) is 22.3 Å². The first kappa shape index (κ1) is 17.1. The molecule has 2 aromatic carbocycles. The van der Waals surface area contributed by atoms with Crippen molar-refractivity contribution in [2.75, 3.05) is 12.1 Å². The Hall–Kier alpha value is -2.99. The highest BCUT2D eigenvalue weighted by Gasteiger charge is 2.54. The zero-order chi connectivity index (χ0) is 19.3. The molecule has 6 nitrogen and oxygen atoms in total. The fourth-order valence-corrected chi connectivity index (χ4v) is 3.55. The summed E-state index contributed by atoms with van der Waals surface area (Å²) in [5, 5.41) is 7.76. The van der Waals surface area contributed by atoms with Crippen molar-refractivity contribution in [2.45, 2.75) is 25.2 Å². The zero-order valence-corrected chi connectivity index (χ0v) is 15.9. The molecule has 5 rings (SSSR count). The fourth-order valence-electron chi connectivity index (χ4n) is 3.38. The van der Waals surface area contributed by atoms with Crippen molar-refractivity contribution < 1.29 is 18.8 Å². The molecule has 3 aromatic rings. The molecule has 0 radical (unpaired) electrons. The van der Waals surface area contributed by atoms with Crippen LogP contribution in [0.2, 0.25) is 5.02 Å². The van der Waals surface area contributed by atoms with E-state index in [-0.39, 0.29) is 12.7 Å². The number of ether oxygens (including phenoxy) is 2. The van der Waals surface area contributed by atoms with Gasteiger partial charge in [-0.2, -0.15) is 0 Å². The molecule has 1 aromatic heterocycles. The number of halogens is 1. The van der Waals surface area contributed by atoms with Crippen LogP contribution in [0.4, 0.5) is 5.69 Å². The quantitative estimate of drug-likeness (QED) is 0.691. The van der Waals surface area contributed by atoms with Crippen molar-refractivity contribution in [1.82, 2.24) is 5.16 Å². The second kappa shape index (κ2) is 6.27. The van der Waals surface area contributed by atoms with E-state index in [0.717, 1.165) is 24.0 Å². The van der Waals surface area contributed by atoms with Crippen molar-refractivity contribution in [3.8, 4) is 22.8 Å². The van der Waals surface area contributed by atoms with E-state index >= 15 is 0 Å². The van der Waals surface area contributed by atoms with Gasteiger partial charge in [0.15, 0.2) is 17.3 Å². The van der Waals surface area contributed by atoms with E-state index < -0.39 is 5.41 Å². The first-order valence-corrected chi connectivity index (χ1v) is 9.38. The SMILES string of the molecule is Cc1ccc(Cl)cc1NC(=O)C1(c2cc(-c3ccc4c(c3)OCO4)on2)CC1. The van der Waals surface area contributed by atoms with Crippen LogP contribution < -0.4 is 14.8 Å². The zero-order valence-electron chi connectivity index (χ0n) is 15.1. The number of nitrogens with zero attached hydrogens (tertiary/aromatic N) is 1. The van der Waals surface area contributed by atoms with Crippen LogP contribution in [0, 0.1) is 6.92 Å². The number of fused-ring (bicyclic) bond motifs is 1. The lowest BCUT2D eigenvalue weighted by Crippen LogP contribution is -2.28. The summed E-state index contributed by atoms with van der Waals surface area (Å²) in [6.07, 6.45) is 1.46. The molecule has 0 bridgehead atoms. The van der Waals surface area contributed by atoms with Gasteiger partial charge in [0.25, 0.3) is 0 Å². The normalized spacial score (nSPS) is 16.1. The van der Waals surface area contributed by atoms with Crippen LogP contribution in [-0.2, 0) is 10.2 Å². The molecule has 1 amide bonds. The van der Waals surface area contributed by atoms with E-state index in [2.05, 4.69) is 10.5 Å². The molecule has 1 aliphatic heterocycles. The summed E-state index contributed by atoms with van der Waals surface area (Å²) in [5.74, 6) is 1.87. The molecule has 0 saturated heterocycles. The number of hydrogen-bond acceptors (Lipinski definition) is 5. The standard InChI is InChI=1S/C21H17ClN2O4/c1-12-2-4-14(22)9-15(12)23-20(25)21(6-7-21)19-10-17(28-24-19)13-3-5-16-18(8-13)27-11-26-16/h2-5,8-10H,6-7,11H2,1H3,(H,23,25). The van der Waals surface area contributed by atoms with Gasteiger partial charge in [0.1, 0.15) is 0 Å². The highest BCUT2D eigenvalue weighted by Crippen LogP contribution is 2.49. The number of carbonyl (C=O) groups is 1. The number of nitrogens with one attached hydrogen (secondary N) is 1. The first-order chi connectivity index (χ1) is 13.5. The monoisotopic (exact) mass is 396 g/mol. The lowest BCUT2D eigenvalue weighted by molar-refractivity contribution is -0.118. The molecule has 2 aliphatic rings. The number of carbonyl (C=O) groups excluding carboxylic acids is 1. The predicted octanol–water partition coefficient (Wildman–Crippen LogP) is 4.70. The number of aromatic nitrogens is 1. The molecule has 1 fully saturated rings. The molecular formula is C21H17ClN2O4. The first-order valence-electron chi connectivity index (χ1n) is 9.00. The van der Waals surface area contributed by atoms with Crippen molar-refractivity contribution in [3.63, 3.8) is 0 Å². The highest BCUT2D eigenvalue weighted by atomic mass is 35.5. The number of hydrogen-bond donors (Lipinski definition) is 1. The minimum Gasteiger partial charge on any atom is -0.454 e. The minimum atomic E-state index is -0.660. The Kier molecular flexibility index (Phi) is 3.84. The molecule has 1 N–H and O–H groups in total. The number of amides is 1. The largest absolute Gasteiger partial charge is 0.454 e. The van der Waals surface area contributed by atoms with Gasteiger partial charge >= 0.3 is 0 Å². The number of aryl methyl sites for hydroxylation is 1. The van der Waals surface area contributed by atoms with E-state index in [9.17, 15) is 4.79 Å². The number of benzene rings is 2. The average Bonchev–Trinajstić information content (AvgIpc) is 3.13. The maximum Gasteiger partial charge on any atom is 0.236 e. The third-order valence-corrected chi connectivity index (χ3v) is 5.53. The smallest absolute Gasteiger partial charge is 0.236 e. The summed E-state index contributed by atoms with van der Waals surface area (Å²) in [4.78, 5) is 13.0. The molecule has 0 spiro atoms. The molecule has 7 heteroatoms. The third kappa shape index (κ3) is 2.81. The number of anilines is 1. The Morgan fingerprint density at radius 1 is 1.11 bits per heavy atom. The van der Waals surface area contributed by atoms with Gasteiger partial charge in [-0.1, -0.05) is 22.8 Å². The van der Waals surface area contributed by atoms with Crippen LogP contribution in [0.15, 0.2) is 47.0 Å². The Labute approximate surface area is 166 Å². The van der Waals surface area contributed by atoms with Crippen LogP contribution in [0.1, 0.15) is 24.1 Å². The Morgan fingerprint density at radius 3 is 2.75 bits per heavy atom. The fraction of sp³-hybridized carbons (Fsp3) is 0.238. The summed E-state index contributed by atoms with van der Waals surface area (Å²) in [5.41, 5.74) is 2.47. The predicted molar refractivity (Wildman–Crippen MR) is 104 cm³/mol. The summed E-state index contributed by atoms with van der Waals surface area (Å²) in [6.45, 7) is 2.14. The molecule has 2 heterocycles. The summed E-state index contributed by atoms with van der Waals surface area (Å²) >= 11 is 6.06. The molecule has 1 saturated carbocycles. The Morgan fingerprint density at radius 2 is 1.93 bits per heavy atom. The Bertz CT molecular complexity index is 1090. The van der Waals surface area contributed by atoms with Gasteiger partial charge in [-0.05, 0) is 55.7 Å². The minimum absolute atomic E-state index is 0.0941. The molecule has 0 atom stereocenters. The van der Waals surface area contributed by atoms with Crippen molar-refractivity contribution in [3.05, 3.63) is 58.7 Å². The van der Waals surface area contributed by atoms with Gasteiger partial charge in [0.05, 0.1) is 11.1 Å². The van der Waals surface area contributed by atoms with E-state index in [0.29, 0.717) is 33.7 Å². The summed E-state index contributed by atoms with van der Waals surface area (Å²) in [7, 11) is 0. The highest BCUT2D eigenvalue weighted by molar-refractivity contribution is 6.31. The second-order valence-corrected chi connectivity index (χ2v) is 7.58. The summed E-state index contributed by atoms with van der Waals surface area (Å²) < 4.78 is 16.3. The molecule has 142 valence electrons. The molecule has 0 unspecified atom stereocenters. The molecular weight excluding hydrogens is 380 g/mol. The Balaban J connectivity index is 1.40. The van der Waals surface area contributed by atoms with E-state index in [1.165, 1.54) is 0 Å². The van der Waals surface area contributed by atoms with Gasteiger partial charge in [0.2, 0.25) is 12.7 Å². The van der Waals surface area contributed by atoms with Gasteiger partial charge in [-0.25, -0.2) is 0 Å². The maximum atomic E-state index is 13.0. The van der Waals surface area contributed by atoms with Crippen LogP contribution in [0.25, 0.3) is 11.3 Å². The van der Waals surface area contributed by atoms with Crippen LogP contribution >= 0.6 is 11.6 Å². The lowest BCUT2D eigenvalue weighted by Gasteiger charge is -2.14. The van der Waals surface area contributed by atoms with Crippen molar-refractivity contribution in [1.29, 1.82) is 0 Å². The van der Waals surface area contributed by atoms with Crippen molar-refractivity contribution >= 4 is 23.2 Å². The lowest BCUT2D eigenvalue weighted by atomic mass is 9.99.